The lowest BCUT2D eigenvalue weighted by Gasteiger charge is -2.10. The number of hydrogen-bond acceptors (Lipinski definition) is 3. The van der Waals surface area contributed by atoms with Crippen molar-refractivity contribution >= 4 is 11.6 Å². The normalized spacial score (nSPS) is 12.3. The number of rotatable bonds is 2. The van der Waals surface area contributed by atoms with Crippen LogP contribution in [0.4, 0.5) is 26.3 Å². The number of hydrogen-bond donors (Lipinski definition) is 0. The third kappa shape index (κ3) is 4.19. The Morgan fingerprint density at radius 3 is 1.93 bits per heavy atom. The van der Waals surface area contributed by atoms with Crippen LogP contribution in [0.1, 0.15) is 11.1 Å². The van der Waals surface area contributed by atoms with Crippen LogP contribution in [0.25, 0.3) is 22.6 Å². The fourth-order valence-electron chi connectivity index (χ4n) is 2.27. The molecular weight excluding hydrogens is 396 g/mol. The van der Waals surface area contributed by atoms with Crippen molar-refractivity contribution in [2.75, 3.05) is 0 Å². The molecule has 0 saturated heterocycles. The van der Waals surface area contributed by atoms with Gasteiger partial charge in [-0.3, -0.25) is 0 Å². The third-order valence-corrected chi connectivity index (χ3v) is 3.83. The smallest absolute Gasteiger partial charge is 0.223 e. The summed E-state index contributed by atoms with van der Waals surface area (Å²) in [5, 5.41) is 7.11. The molecule has 0 amide bonds. The van der Waals surface area contributed by atoms with E-state index in [-0.39, 0.29) is 27.8 Å². The maximum atomic E-state index is 12.9. The molecule has 3 aromatic rings. The Kier molecular flexibility index (Phi) is 4.81. The Bertz CT molecular complexity index is 968. The van der Waals surface area contributed by atoms with Gasteiger partial charge in [0.25, 0.3) is 0 Å². The summed E-state index contributed by atoms with van der Waals surface area (Å²) < 4.78 is 76.6. The average Bonchev–Trinajstić information content (AvgIpc) is 2.61. The van der Waals surface area contributed by atoms with Gasteiger partial charge in [0.1, 0.15) is 5.69 Å². The highest BCUT2D eigenvalue weighted by molar-refractivity contribution is 6.31. The lowest BCUT2D eigenvalue weighted by molar-refractivity contribution is -0.138. The van der Waals surface area contributed by atoms with Crippen LogP contribution in [-0.2, 0) is 12.4 Å². The summed E-state index contributed by atoms with van der Waals surface area (Å²) in [7, 11) is 0. The molecule has 0 N–H and O–H groups in total. The zero-order chi connectivity index (χ0) is 19.8. The molecule has 0 unspecified atom stereocenters. The Balaban J connectivity index is 2.03. The maximum absolute atomic E-state index is 12.9. The van der Waals surface area contributed by atoms with Gasteiger partial charge >= 0.3 is 12.4 Å². The average molecular weight is 404 g/mol. The van der Waals surface area contributed by atoms with Gasteiger partial charge in [-0.2, -0.15) is 26.3 Å². The molecule has 0 spiro atoms. The summed E-state index contributed by atoms with van der Waals surface area (Å²) in [6, 6.07) is 8.27. The predicted molar refractivity (Wildman–Crippen MR) is 85.7 cm³/mol. The van der Waals surface area contributed by atoms with Crippen molar-refractivity contribution in [3.63, 3.8) is 0 Å². The number of aromatic nitrogens is 3. The molecule has 27 heavy (non-hydrogen) atoms. The Hall–Kier alpha value is -2.68. The van der Waals surface area contributed by atoms with Crippen LogP contribution in [0.15, 0.2) is 48.5 Å². The van der Waals surface area contributed by atoms with Crippen LogP contribution in [-0.4, -0.2) is 15.2 Å². The van der Waals surface area contributed by atoms with E-state index in [1.807, 2.05) is 0 Å². The topological polar surface area (TPSA) is 38.7 Å². The molecule has 3 rings (SSSR count). The number of nitrogens with zero attached hydrogens (tertiary/aromatic N) is 3. The first-order chi connectivity index (χ1) is 12.6. The van der Waals surface area contributed by atoms with Crippen molar-refractivity contribution in [1.29, 1.82) is 0 Å². The first-order valence-electron chi connectivity index (χ1n) is 7.31. The van der Waals surface area contributed by atoms with Crippen molar-refractivity contribution in [3.05, 3.63) is 64.8 Å². The Morgan fingerprint density at radius 2 is 1.33 bits per heavy atom. The molecule has 1 heterocycles. The first kappa shape index (κ1) is 19.1. The lowest BCUT2D eigenvalue weighted by Crippen LogP contribution is -2.05. The summed E-state index contributed by atoms with van der Waals surface area (Å²) in [4.78, 5) is 4.07. The molecular formula is C17H8ClF6N3. The monoisotopic (exact) mass is 403 g/mol. The van der Waals surface area contributed by atoms with E-state index in [0.717, 1.165) is 36.4 Å². The standard InChI is InChI=1S/C17H8ClF6N3/c18-14-13(10-2-1-3-12(8-10)17(22,23)24)25-15(27-26-14)9-4-6-11(7-5-9)16(19,20)21/h1-8H. The minimum Gasteiger partial charge on any atom is -0.223 e. The zero-order valence-corrected chi connectivity index (χ0v) is 13.9. The molecule has 3 nitrogen and oxygen atoms in total. The third-order valence-electron chi connectivity index (χ3n) is 3.58. The number of alkyl halides is 6. The minimum absolute atomic E-state index is 0.0536. The molecule has 2 aromatic carbocycles. The van der Waals surface area contributed by atoms with E-state index in [1.54, 1.807) is 0 Å². The molecule has 0 radical (unpaired) electrons. The summed E-state index contributed by atoms with van der Waals surface area (Å²) in [5.74, 6) is -0.0689. The largest absolute Gasteiger partial charge is 0.416 e. The summed E-state index contributed by atoms with van der Waals surface area (Å²) in [6.07, 6.45) is -9.06. The Labute approximate surface area is 153 Å². The minimum atomic E-state index is -4.56. The van der Waals surface area contributed by atoms with E-state index in [4.69, 9.17) is 11.6 Å². The predicted octanol–water partition coefficient (Wildman–Crippen LogP) is 5.90. The second-order valence-corrected chi connectivity index (χ2v) is 5.79. The first-order valence-corrected chi connectivity index (χ1v) is 7.69. The molecule has 0 fully saturated rings. The summed E-state index contributed by atoms with van der Waals surface area (Å²) in [6.45, 7) is 0. The van der Waals surface area contributed by atoms with E-state index >= 15 is 0 Å². The van der Waals surface area contributed by atoms with Gasteiger partial charge in [0, 0.05) is 11.1 Å². The molecule has 0 aliphatic heterocycles. The van der Waals surface area contributed by atoms with Gasteiger partial charge in [-0.25, -0.2) is 4.98 Å². The fourth-order valence-corrected chi connectivity index (χ4v) is 2.46. The van der Waals surface area contributed by atoms with Gasteiger partial charge in [0.15, 0.2) is 11.0 Å². The van der Waals surface area contributed by atoms with E-state index in [1.165, 1.54) is 12.1 Å². The van der Waals surface area contributed by atoms with Gasteiger partial charge in [-0.05, 0) is 24.3 Å². The second kappa shape index (κ2) is 6.80. The van der Waals surface area contributed by atoms with E-state index in [9.17, 15) is 26.3 Å². The van der Waals surface area contributed by atoms with E-state index in [0.29, 0.717) is 0 Å². The molecule has 140 valence electrons. The molecule has 0 bridgehead atoms. The Morgan fingerprint density at radius 1 is 0.704 bits per heavy atom. The fraction of sp³-hybridized carbons (Fsp3) is 0.118. The molecule has 0 aliphatic rings. The molecule has 0 atom stereocenters. The van der Waals surface area contributed by atoms with Gasteiger partial charge in [0.05, 0.1) is 11.1 Å². The highest BCUT2D eigenvalue weighted by atomic mass is 35.5. The van der Waals surface area contributed by atoms with Crippen molar-refractivity contribution in [2.45, 2.75) is 12.4 Å². The molecule has 10 heteroatoms. The maximum Gasteiger partial charge on any atom is 0.416 e. The van der Waals surface area contributed by atoms with Gasteiger partial charge in [0.2, 0.25) is 0 Å². The van der Waals surface area contributed by atoms with Crippen molar-refractivity contribution in [2.24, 2.45) is 0 Å². The lowest BCUT2D eigenvalue weighted by atomic mass is 10.1. The molecule has 1 aromatic heterocycles. The van der Waals surface area contributed by atoms with Gasteiger partial charge in [-0.15, -0.1) is 10.2 Å². The van der Waals surface area contributed by atoms with E-state index in [2.05, 4.69) is 15.2 Å². The molecule has 0 aliphatic carbocycles. The highest BCUT2D eigenvalue weighted by Crippen LogP contribution is 2.34. The van der Waals surface area contributed by atoms with Crippen molar-refractivity contribution in [1.82, 2.24) is 15.2 Å². The van der Waals surface area contributed by atoms with Crippen LogP contribution in [0, 0.1) is 0 Å². The van der Waals surface area contributed by atoms with Crippen LogP contribution in [0.3, 0.4) is 0 Å². The van der Waals surface area contributed by atoms with Crippen LogP contribution in [0.5, 0.6) is 0 Å². The molecule has 0 saturated carbocycles. The number of benzene rings is 2. The van der Waals surface area contributed by atoms with Crippen LogP contribution in [0.2, 0.25) is 5.15 Å². The second-order valence-electron chi connectivity index (χ2n) is 5.43. The van der Waals surface area contributed by atoms with Crippen molar-refractivity contribution < 1.29 is 26.3 Å². The summed E-state index contributed by atoms with van der Waals surface area (Å²) in [5.41, 5.74) is -1.55. The summed E-state index contributed by atoms with van der Waals surface area (Å²) >= 11 is 5.90. The van der Waals surface area contributed by atoms with Gasteiger partial charge in [-0.1, -0.05) is 35.9 Å². The van der Waals surface area contributed by atoms with Crippen molar-refractivity contribution in [3.8, 4) is 22.6 Å². The van der Waals surface area contributed by atoms with Gasteiger partial charge < -0.3 is 0 Å². The SMILES string of the molecule is FC(F)(F)c1ccc(-c2nnc(Cl)c(-c3cccc(C(F)(F)F)c3)n2)cc1. The number of halogens is 7. The van der Waals surface area contributed by atoms with E-state index < -0.39 is 23.5 Å². The van der Waals surface area contributed by atoms with Crippen LogP contribution >= 0.6 is 11.6 Å². The quantitative estimate of drug-likeness (QED) is 0.500. The zero-order valence-electron chi connectivity index (χ0n) is 13.1. The van der Waals surface area contributed by atoms with Crippen LogP contribution < -0.4 is 0 Å². The highest BCUT2D eigenvalue weighted by Gasteiger charge is 2.31.